The van der Waals surface area contributed by atoms with Gasteiger partial charge in [0.2, 0.25) is 5.78 Å². The van der Waals surface area contributed by atoms with Gasteiger partial charge in [-0.05, 0) is 66.2 Å². The van der Waals surface area contributed by atoms with Crippen LogP contribution in [0.3, 0.4) is 0 Å². The van der Waals surface area contributed by atoms with Crippen LogP contribution >= 0.6 is 11.3 Å². The maximum Gasteiger partial charge on any atom is 0.419 e. The number of ether oxygens (including phenoxy) is 1. The Morgan fingerprint density at radius 2 is 1.94 bits per heavy atom. The number of aromatic nitrogens is 2. The second-order valence-electron chi connectivity index (χ2n) is 9.92. The Morgan fingerprint density at radius 1 is 1.26 bits per heavy atom. The van der Waals surface area contributed by atoms with E-state index >= 15 is 0 Å². The molecule has 7 nitrogen and oxygen atoms in total. The molecule has 0 aliphatic heterocycles. The number of halogens is 1. The quantitative estimate of drug-likeness (QED) is 0.337. The largest absolute Gasteiger partial charge is 0.598 e. The zero-order chi connectivity index (χ0) is 25.4. The van der Waals surface area contributed by atoms with Crippen LogP contribution < -0.4 is 4.72 Å². The molecule has 1 aromatic carbocycles. The van der Waals surface area contributed by atoms with Gasteiger partial charge in [0.15, 0.2) is 5.01 Å². The number of fused-ring (bicyclic) bond motifs is 1. The van der Waals surface area contributed by atoms with E-state index in [2.05, 4.69) is 9.71 Å². The average Bonchev–Trinajstić information content (AvgIpc) is 3.34. The van der Waals surface area contributed by atoms with Gasteiger partial charge in [0.1, 0.15) is 16.2 Å². The van der Waals surface area contributed by atoms with E-state index in [0.29, 0.717) is 17.5 Å². The highest BCUT2D eigenvalue weighted by atomic mass is 32.2. The molecule has 184 valence electrons. The fraction of sp³-hybridized carbons (Fsp3) is 0.458. The molecule has 1 N–H and O–H groups in total. The Labute approximate surface area is 206 Å². The normalized spacial score (nSPS) is 14.3. The molecule has 2 heterocycles. The van der Waals surface area contributed by atoms with Crippen LogP contribution in [0.4, 0.5) is 9.18 Å². The minimum absolute atomic E-state index is 0.223. The second kappa shape index (κ2) is 9.77. The summed E-state index contributed by atoms with van der Waals surface area (Å²) in [6.07, 6.45) is 1.30. The summed E-state index contributed by atoms with van der Waals surface area (Å²) in [6.45, 7) is 12.8. The number of nitrogens with zero attached hydrogens (tertiary/aromatic N) is 2. The average molecular weight is 508 g/mol. The third-order valence-electron chi connectivity index (χ3n) is 4.89. The highest BCUT2D eigenvalue weighted by Crippen LogP contribution is 2.29. The highest BCUT2D eigenvalue weighted by molar-refractivity contribution is 7.90. The van der Waals surface area contributed by atoms with Crippen LogP contribution in [0.5, 0.6) is 0 Å². The van der Waals surface area contributed by atoms with Crippen LogP contribution in [0, 0.1) is 5.82 Å². The van der Waals surface area contributed by atoms with E-state index in [4.69, 9.17) is 4.74 Å². The number of rotatable bonds is 6. The molecule has 0 spiro atoms. The van der Waals surface area contributed by atoms with Crippen molar-refractivity contribution in [2.45, 2.75) is 71.3 Å². The number of thiazole rings is 1. The van der Waals surface area contributed by atoms with Gasteiger partial charge in [0.05, 0.1) is 22.8 Å². The predicted octanol–water partition coefficient (Wildman–Crippen LogP) is 5.75. The smallest absolute Gasteiger partial charge is 0.419 e. The molecule has 0 radical (unpaired) electrons. The number of nitrogens with one attached hydrogen (secondary N) is 1. The number of carbonyl (C=O) groups excluding carboxylic acids is 2. The summed E-state index contributed by atoms with van der Waals surface area (Å²) in [5.74, 6) is -0.920. The molecule has 3 rings (SSSR count). The fourth-order valence-corrected chi connectivity index (χ4v) is 4.89. The molecular formula is C24H30FN3O4S2. The Bertz CT molecular complexity index is 1210. The Kier molecular flexibility index (Phi) is 7.57. The van der Waals surface area contributed by atoms with Gasteiger partial charge in [-0.25, -0.2) is 14.2 Å². The molecule has 0 fully saturated rings. The van der Waals surface area contributed by atoms with Crippen LogP contribution in [0.15, 0.2) is 29.8 Å². The molecule has 2 aromatic heterocycles. The summed E-state index contributed by atoms with van der Waals surface area (Å²) < 4.78 is 35.7. The third-order valence-corrected chi connectivity index (χ3v) is 7.36. The summed E-state index contributed by atoms with van der Waals surface area (Å²) in [4.78, 5) is 30.6. The molecule has 0 bridgehead atoms. The molecule has 0 amide bonds. The molecule has 34 heavy (non-hydrogen) atoms. The summed E-state index contributed by atoms with van der Waals surface area (Å²) in [7, 11) is 0. The molecule has 3 aromatic rings. The minimum atomic E-state index is -1.30. The SMILES string of the molecule is CC[C@H](N[S+]([O-])C(C)(C)C)c1csc(C(=O)c2cn(C(=O)OC(C)(C)C)c3cc(F)ccc23)n1. The first-order valence-electron chi connectivity index (χ1n) is 10.9. The molecule has 0 saturated carbocycles. The van der Waals surface area contributed by atoms with E-state index in [1.165, 1.54) is 35.7 Å². The van der Waals surface area contributed by atoms with Crippen molar-refractivity contribution in [3.8, 4) is 0 Å². The van der Waals surface area contributed by atoms with E-state index in [1.54, 1.807) is 26.2 Å². The van der Waals surface area contributed by atoms with Gasteiger partial charge < -0.3 is 9.29 Å². The summed E-state index contributed by atoms with van der Waals surface area (Å²) in [5, 5.41) is 2.42. The van der Waals surface area contributed by atoms with Crippen molar-refractivity contribution in [2.75, 3.05) is 0 Å². The fourth-order valence-electron chi connectivity index (χ4n) is 3.17. The van der Waals surface area contributed by atoms with Crippen LogP contribution in [0.2, 0.25) is 0 Å². The van der Waals surface area contributed by atoms with Crippen LogP contribution in [0.1, 0.15) is 82.0 Å². The van der Waals surface area contributed by atoms with Gasteiger partial charge >= 0.3 is 6.09 Å². The van der Waals surface area contributed by atoms with Crippen LogP contribution in [-0.2, 0) is 16.1 Å². The van der Waals surface area contributed by atoms with Crippen LogP contribution in [-0.4, -0.2) is 36.3 Å². The number of hydrogen-bond donors (Lipinski definition) is 1. The Morgan fingerprint density at radius 3 is 2.53 bits per heavy atom. The molecular weight excluding hydrogens is 477 g/mol. The molecule has 1 unspecified atom stereocenters. The van der Waals surface area contributed by atoms with E-state index in [9.17, 15) is 18.5 Å². The first kappa shape index (κ1) is 26.3. The number of ketones is 1. The molecule has 0 aliphatic rings. The lowest BCUT2D eigenvalue weighted by atomic mass is 10.1. The van der Waals surface area contributed by atoms with Crippen molar-refractivity contribution in [3.63, 3.8) is 0 Å². The monoisotopic (exact) mass is 507 g/mol. The molecule has 2 atom stereocenters. The first-order valence-corrected chi connectivity index (χ1v) is 13.0. The van der Waals surface area contributed by atoms with E-state index in [1.807, 2.05) is 27.7 Å². The van der Waals surface area contributed by atoms with Gasteiger partial charge in [0, 0.05) is 28.3 Å². The van der Waals surface area contributed by atoms with Gasteiger partial charge in [-0.1, -0.05) is 6.92 Å². The lowest BCUT2D eigenvalue weighted by Gasteiger charge is -2.26. The van der Waals surface area contributed by atoms with Crippen molar-refractivity contribution in [1.82, 2.24) is 14.3 Å². The van der Waals surface area contributed by atoms with Gasteiger partial charge in [-0.15, -0.1) is 16.1 Å². The maximum absolute atomic E-state index is 14.0. The third kappa shape index (κ3) is 5.86. The lowest BCUT2D eigenvalue weighted by Crippen LogP contribution is -2.41. The topological polar surface area (TPSA) is 96.3 Å². The van der Waals surface area contributed by atoms with E-state index in [0.717, 1.165) is 4.57 Å². The first-order chi connectivity index (χ1) is 15.7. The van der Waals surface area contributed by atoms with Crippen molar-refractivity contribution in [1.29, 1.82) is 0 Å². The van der Waals surface area contributed by atoms with Crippen molar-refractivity contribution in [3.05, 3.63) is 51.9 Å². The predicted molar refractivity (Wildman–Crippen MR) is 133 cm³/mol. The lowest BCUT2D eigenvalue weighted by molar-refractivity contribution is 0.0544. The highest BCUT2D eigenvalue weighted by Gasteiger charge is 2.31. The van der Waals surface area contributed by atoms with E-state index < -0.39 is 33.6 Å². The Hall–Kier alpha value is -2.27. The number of hydrogen-bond acceptors (Lipinski definition) is 7. The maximum atomic E-state index is 14.0. The number of carbonyl (C=O) groups is 2. The van der Waals surface area contributed by atoms with Crippen molar-refractivity contribution < 1.29 is 23.3 Å². The summed E-state index contributed by atoms with van der Waals surface area (Å²) >= 11 is -0.126. The molecule has 0 saturated heterocycles. The zero-order valence-corrected chi connectivity index (χ0v) is 22.0. The van der Waals surface area contributed by atoms with E-state index in [-0.39, 0.29) is 27.9 Å². The minimum Gasteiger partial charge on any atom is -0.598 e. The zero-order valence-electron chi connectivity index (χ0n) is 20.4. The molecule has 0 aliphatic carbocycles. The van der Waals surface area contributed by atoms with Gasteiger partial charge in [-0.2, -0.15) is 0 Å². The van der Waals surface area contributed by atoms with Crippen molar-refractivity contribution >= 4 is 45.5 Å². The molecule has 10 heteroatoms. The Balaban J connectivity index is 1.96. The van der Waals surface area contributed by atoms with Gasteiger partial charge in [-0.3, -0.25) is 9.36 Å². The van der Waals surface area contributed by atoms with Crippen LogP contribution in [0.25, 0.3) is 10.9 Å². The second-order valence-corrected chi connectivity index (χ2v) is 12.8. The number of benzene rings is 1. The van der Waals surface area contributed by atoms with Crippen molar-refractivity contribution in [2.24, 2.45) is 0 Å². The summed E-state index contributed by atoms with van der Waals surface area (Å²) in [6, 6.07) is 3.62. The standard InChI is InChI=1S/C24H30FN3O4S2/c1-8-17(27-34(31)24(5,6)7)18-13-33-21(26-18)20(29)16-12-28(22(30)32-23(2,3)4)19-11-14(25)9-10-15(16)19/h9-13,17,27H,8H2,1-7H3/t17-,34?/m0/s1. The summed E-state index contributed by atoms with van der Waals surface area (Å²) in [5.41, 5.74) is 0.324. The van der Waals surface area contributed by atoms with Gasteiger partial charge in [0.25, 0.3) is 0 Å².